The van der Waals surface area contributed by atoms with Crippen LogP contribution in [-0.2, 0) is 10.4 Å². The minimum absolute atomic E-state index is 0.268. The number of benzene rings is 2. The highest BCUT2D eigenvalue weighted by Crippen LogP contribution is 2.49. The van der Waals surface area contributed by atoms with E-state index < -0.39 is 11.6 Å². The van der Waals surface area contributed by atoms with Crippen LogP contribution in [-0.4, -0.2) is 16.2 Å². The molecule has 0 aliphatic heterocycles. The van der Waals surface area contributed by atoms with Crippen LogP contribution in [0, 0.1) is 0 Å². The molecule has 0 fully saturated rings. The number of rotatable bonds is 1. The molecule has 2 aromatic rings. The number of aliphatic carboxylic acids is 1. The molecule has 19 heavy (non-hydrogen) atoms. The zero-order chi connectivity index (χ0) is 13.8. The van der Waals surface area contributed by atoms with Crippen LogP contribution in [0.25, 0.3) is 11.1 Å². The number of halogens is 2. The first-order valence-electron chi connectivity index (χ1n) is 5.51. The van der Waals surface area contributed by atoms with Crippen LogP contribution >= 0.6 is 23.2 Å². The van der Waals surface area contributed by atoms with E-state index in [-0.39, 0.29) is 11.1 Å². The van der Waals surface area contributed by atoms with Gasteiger partial charge in [0.25, 0.3) is 0 Å². The Morgan fingerprint density at radius 2 is 1.37 bits per heavy atom. The van der Waals surface area contributed by atoms with Crippen molar-refractivity contribution in [2.45, 2.75) is 5.60 Å². The molecule has 0 bridgehead atoms. The molecule has 2 N–H and O–H groups in total. The third-order valence-corrected chi connectivity index (χ3v) is 3.81. The molecule has 0 amide bonds. The van der Waals surface area contributed by atoms with E-state index in [9.17, 15) is 15.0 Å². The summed E-state index contributed by atoms with van der Waals surface area (Å²) in [4.78, 5) is 11.5. The molecule has 5 heteroatoms. The van der Waals surface area contributed by atoms with Gasteiger partial charge in [0, 0.05) is 21.2 Å². The van der Waals surface area contributed by atoms with Gasteiger partial charge in [0.05, 0.1) is 0 Å². The molecule has 1 aliphatic carbocycles. The van der Waals surface area contributed by atoms with Gasteiger partial charge in [0.2, 0.25) is 5.60 Å². The second-order valence-corrected chi connectivity index (χ2v) is 5.27. The fraction of sp³-hybridized carbons (Fsp3) is 0.0714. The fourth-order valence-corrected chi connectivity index (χ4v) is 2.82. The van der Waals surface area contributed by atoms with Gasteiger partial charge in [-0.15, -0.1) is 0 Å². The van der Waals surface area contributed by atoms with Crippen LogP contribution in [0.5, 0.6) is 0 Å². The second-order valence-electron chi connectivity index (χ2n) is 4.40. The molecule has 0 saturated heterocycles. The monoisotopic (exact) mass is 294 g/mol. The second kappa shape index (κ2) is 3.97. The maximum Gasteiger partial charge on any atom is 0.345 e. The van der Waals surface area contributed by atoms with Crippen molar-refractivity contribution < 1.29 is 15.0 Å². The number of fused-ring (bicyclic) bond motifs is 3. The van der Waals surface area contributed by atoms with Crippen molar-refractivity contribution in [2.75, 3.05) is 0 Å². The Bertz CT molecular complexity index is 658. The molecule has 1 aliphatic rings. The van der Waals surface area contributed by atoms with Gasteiger partial charge in [-0.05, 0) is 35.4 Å². The molecular formula is C14H8Cl2O3. The minimum atomic E-state index is -2.11. The lowest BCUT2D eigenvalue weighted by molar-refractivity contribution is -0.154. The largest absolute Gasteiger partial charge is 0.479 e. The average Bonchev–Trinajstić information content (AvgIpc) is 2.60. The summed E-state index contributed by atoms with van der Waals surface area (Å²) in [7, 11) is 0. The highest BCUT2D eigenvalue weighted by molar-refractivity contribution is 6.31. The van der Waals surface area contributed by atoms with E-state index in [0.717, 1.165) is 0 Å². The van der Waals surface area contributed by atoms with Crippen LogP contribution < -0.4 is 0 Å². The summed E-state index contributed by atoms with van der Waals surface area (Å²) in [5.41, 5.74) is -0.267. The van der Waals surface area contributed by atoms with Gasteiger partial charge in [-0.3, -0.25) is 0 Å². The number of carboxylic acids is 1. The molecule has 0 radical (unpaired) electrons. The van der Waals surface area contributed by atoms with Gasteiger partial charge in [-0.2, -0.15) is 0 Å². The molecule has 0 atom stereocenters. The number of aliphatic hydroxyl groups is 1. The maximum absolute atomic E-state index is 11.5. The first-order valence-corrected chi connectivity index (χ1v) is 6.26. The molecule has 0 spiro atoms. The first kappa shape index (κ1) is 12.5. The summed E-state index contributed by atoms with van der Waals surface area (Å²) in [5.74, 6) is -1.35. The Hall–Kier alpha value is -1.55. The third-order valence-electron chi connectivity index (χ3n) is 3.34. The quantitative estimate of drug-likeness (QED) is 0.848. The third kappa shape index (κ3) is 1.59. The van der Waals surface area contributed by atoms with Crippen molar-refractivity contribution in [3.05, 3.63) is 57.6 Å². The molecule has 0 unspecified atom stereocenters. The van der Waals surface area contributed by atoms with E-state index in [1.54, 1.807) is 24.3 Å². The number of carboxylic acid groups (broad SMARTS) is 1. The van der Waals surface area contributed by atoms with E-state index in [4.69, 9.17) is 23.2 Å². The minimum Gasteiger partial charge on any atom is -0.479 e. The highest BCUT2D eigenvalue weighted by atomic mass is 35.5. The van der Waals surface area contributed by atoms with Gasteiger partial charge >= 0.3 is 5.97 Å². The zero-order valence-electron chi connectivity index (χ0n) is 9.52. The first-order chi connectivity index (χ1) is 8.94. The summed E-state index contributed by atoms with van der Waals surface area (Å²) < 4.78 is 0. The van der Waals surface area contributed by atoms with Crippen molar-refractivity contribution in [3.8, 4) is 11.1 Å². The van der Waals surface area contributed by atoms with E-state index in [0.29, 0.717) is 21.2 Å². The summed E-state index contributed by atoms with van der Waals surface area (Å²) >= 11 is 11.8. The standard InChI is InChI=1S/C14H8Cl2O3/c15-7-1-3-9-10-4-2-8(16)6-12(10)14(19,13(17)18)11(9)5-7/h1-6,19H,(H,17,18). The Kier molecular flexibility index (Phi) is 2.61. The van der Waals surface area contributed by atoms with Gasteiger partial charge in [0.15, 0.2) is 0 Å². The Balaban J connectivity index is 2.42. The van der Waals surface area contributed by atoms with Crippen LogP contribution in [0.1, 0.15) is 11.1 Å². The van der Waals surface area contributed by atoms with Gasteiger partial charge in [0.1, 0.15) is 0 Å². The fourth-order valence-electron chi connectivity index (χ4n) is 2.48. The van der Waals surface area contributed by atoms with Gasteiger partial charge < -0.3 is 10.2 Å². The Labute approximate surface area is 119 Å². The van der Waals surface area contributed by atoms with Crippen molar-refractivity contribution in [3.63, 3.8) is 0 Å². The number of carbonyl (C=O) groups is 1. The molecular weight excluding hydrogens is 287 g/mol. The van der Waals surface area contributed by atoms with E-state index in [1.807, 2.05) is 0 Å². The molecule has 3 nitrogen and oxygen atoms in total. The highest BCUT2D eigenvalue weighted by Gasteiger charge is 2.48. The summed E-state index contributed by atoms with van der Waals surface area (Å²) in [6, 6.07) is 9.66. The lowest BCUT2D eigenvalue weighted by Crippen LogP contribution is -2.34. The summed E-state index contributed by atoms with van der Waals surface area (Å²) in [6.45, 7) is 0. The molecule has 0 heterocycles. The Morgan fingerprint density at radius 1 is 0.947 bits per heavy atom. The van der Waals surface area contributed by atoms with Crippen molar-refractivity contribution >= 4 is 29.2 Å². The topological polar surface area (TPSA) is 57.5 Å². The lowest BCUT2D eigenvalue weighted by atomic mass is 9.92. The van der Waals surface area contributed by atoms with Gasteiger partial charge in [-0.25, -0.2) is 4.79 Å². The molecule has 96 valence electrons. The Morgan fingerprint density at radius 3 is 1.74 bits per heavy atom. The van der Waals surface area contributed by atoms with Crippen LogP contribution in [0.2, 0.25) is 10.0 Å². The summed E-state index contributed by atoms with van der Waals surface area (Å²) in [6.07, 6.45) is 0. The van der Waals surface area contributed by atoms with Gasteiger partial charge in [-0.1, -0.05) is 35.3 Å². The van der Waals surface area contributed by atoms with Crippen LogP contribution in [0.3, 0.4) is 0 Å². The number of hydrogen-bond acceptors (Lipinski definition) is 2. The smallest absolute Gasteiger partial charge is 0.345 e. The average molecular weight is 295 g/mol. The van der Waals surface area contributed by atoms with Crippen molar-refractivity contribution in [2.24, 2.45) is 0 Å². The lowest BCUT2D eigenvalue weighted by Gasteiger charge is -2.20. The zero-order valence-corrected chi connectivity index (χ0v) is 11.0. The van der Waals surface area contributed by atoms with E-state index in [1.165, 1.54) is 12.1 Å². The van der Waals surface area contributed by atoms with Crippen LogP contribution in [0.4, 0.5) is 0 Å². The summed E-state index contributed by atoms with van der Waals surface area (Å²) in [5, 5.41) is 20.8. The number of hydrogen-bond donors (Lipinski definition) is 2. The predicted molar refractivity (Wildman–Crippen MR) is 72.5 cm³/mol. The SMILES string of the molecule is O=C(O)C1(O)c2cc(Cl)ccc2-c2ccc(Cl)cc21. The normalized spacial score (nSPS) is 14.9. The van der Waals surface area contributed by atoms with E-state index in [2.05, 4.69) is 0 Å². The van der Waals surface area contributed by atoms with Crippen LogP contribution in [0.15, 0.2) is 36.4 Å². The molecule has 0 saturated carbocycles. The maximum atomic E-state index is 11.5. The van der Waals surface area contributed by atoms with E-state index >= 15 is 0 Å². The molecule has 3 rings (SSSR count). The van der Waals surface area contributed by atoms with Crippen molar-refractivity contribution in [1.82, 2.24) is 0 Å². The molecule has 0 aromatic heterocycles. The van der Waals surface area contributed by atoms with Crippen molar-refractivity contribution in [1.29, 1.82) is 0 Å². The molecule has 2 aromatic carbocycles. The predicted octanol–water partition coefficient (Wildman–Crippen LogP) is 3.29.